The number of carbonyl (C=O) groups excluding carboxylic acids is 1. The second kappa shape index (κ2) is 6.39. The average molecular weight is 240 g/mol. The highest BCUT2D eigenvalue weighted by Gasteiger charge is 2.34. The van der Waals surface area contributed by atoms with Crippen molar-refractivity contribution in [3.05, 3.63) is 0 Å². The van der Waals surface area contributed by atoms with Crippen molar-refractivity contribution in [3.8, 4) is 0 Å². The summed E-state index contributed by atoms with van der Waals surface area (Å²) in [4.78, 5) is 16.0. The molecule has 0 saturated carbocycles. The average Bonchev–Trinajstić information content (AvgIpc) is 2.32. The highest BCUT2D eigenvalue weighted by Crippen LogP contribution is 2.27. The van der Waals surface area contributed by atoms with Crippen LogP contribution >= 0.6 is 0 Å². The first-order valence-corrected chi connectivity index (χ1v) is 7.02. The SMILES string of the molecule is CCCCCC(C)(CC)N1CCN(C)C(=O)C1. The van der Waals surface area contributed by atoms with E-state index in [4.69, 9.17) is 0 Å². The van der Waals surface area contributed by atoms with E-state index in [1.807, 2.05) is 11.9 Å². The third-order valence-corrected chi connectivity index (χ3v) is 4.30. The fourth-order valence-electron chi connectivity index (χ4n) is 2.53. The fraction of sp³-hybridized carbons (Fsp3) is 0.929. The summed E-state index contributed by atoms with van der Waals surface area (Å²) < 4.78 is 0. The van der Waals surface area contributed by atoms with E-state index in [0.29, 0.717) is 6.54 Å². The quantitative estimate of drug-likeness (QED) is 0.666. The summed E-state index contributed by atoms with van der Waals surface area (Å²) in [6.07, 6.45) is 6.20. The zero-order chi connectivity index (χ0) is 12.9. The Bertz CT molecular complexity index is 255. The van der Waals surface area contributed by atoms with Crippen LogP contribution in [0.3, 0.4) is 0 Å². The van der Waals surface area contributed by atoms with Crippen LogP contribution in [0.5, 0.6) is 0 Å². The zero-order valence-electron chi connectivity index (χ0n) is 12.0. The third-order valence-electron chi connectivity index (χ3n) is 4.30. The summed E-state index contributed by atoms with van der Waals surface area (Å²) in [5.41, 5.74) is 0.214. The van der Waals surface area contributed by atoms with Gasteiger partial charge in [-0.05, 0) is 19.8 Å². The minimum Gasteiger partial charge on any atom is -0.343 e. The molecule has 1 fully saturated rings. The molecule has 1 saturated heterocycles. The molecule has 1 rings (SSSR count). The molecular weight excluding hydrogens is 212 g/mol. The van der Waals surface area contributed by atoms with Crippen LogP contribution in [-0.2, 0) is 4.79 Å². The van der Waals surface area contributed by atoms with E-state index in [-0.39, 0.29) is 11.4 Å². The molecule has 100 valence electrons. The number of carbonyl (C=O) groups is 1. The lowest BCUT2D eigenvalue weighted by Crippen LogP contribution is -2.57. The Balaban J connectivity index is 2.56. The number of rotatable bonds is 6. The van der Waals surface area contributed by atoms with Gasteiger partial charge in [0, 0.05) is 25.7 Å². The number of nitrogens with zero attached hydrogens (tertiary/aromatic N) is 2. The number of likely N-dealkylation sites (N-methyl/N-ethyl adjacent to an activating group) is 1. The second-order valence-electron chi connectivity index (χ2n) is 5.54. The third kappa shape index (κ3) is 3.70. The predicted octanol–water partition coefficient (Wildman–Crippen LogP) is 2.51. The first kappa shape index (κ1) is 14.5. The van der Waals surface area contributed by atoms with Gasteiger partial charge < -0.3 is 4.90 Å². The van der Waals surface area contributed by atoms with Crippen LogP contribution in [-0.4, -0.2) is 47.9 Å². The van der Waals surface area contributed by atoms with Crippen LogP contribution in [0.25, 0.3) is 0 Å². The van der Waals surface area contributed by atoms with Crippen LogP contribution < -0.4 is 0 Å². The fourth-order valence-corrected chi connectivity index (χ4v) is 2.53. The number of piperazine rings is 1. The maximum Gasteiger partial charge on any atom is 0.236 e. The van der Waals surface area contributed by atoms with E-state index >= 15 is 0 Å². The summed E-state index contributed by atoms with van der Waals surface area (Å²) in [7, 11) is 1.90. The lowest BCUT2D eigenvalue weighted by Gasteiger charge is -2.44. The second-order valence-corrected chi connectivity index (χ2v) is 5.54. The molecule has 0 aromatic carbocycles. The van der Waals surface area contributed by atoms with Crippen molar-refractivity contribution in [2.45, 2.75) is 58.4 Å². The number of hydrogen-bond acceptors (Lipinski definition) is 2. The normalized spacial score (nSPS) is 21.6. The Morgan fingerprint density at radius 1 is 1.24 bits per heavy atom. The molecule has 0 aromatic rings. The summed E-state index contributed by atoms with van der Waals surface area (Å²) >= 11 is 0. The van der Waals surface area contributed by atoms with Gasteiger partial charge in [-0.1, -0.05) is 33.1 Å². The van der Waals surface area contributed by atoms with E-state index in [1.54, 1.807) is 0 Å². The van der Waals surface area contributed by atoms with Gasteiger partial charge in [0.2, 0.25) is 5.91 Å². The molecule has 0 N–H and O–H groups in total. The molecule has 1 heterocycles. The highest BCUT2D eigenvalue weighted by atomic mass is 16.2. The van der Waals surface area contributed by atoms with Crippen molar-refractivity contribution in [2.24, 2.45) is 0 Å². The van der Waals surface area contributed by atoms with Gasteiger partial charge in [-0.25, -0.2) is 0 Å². The minimum absolute atomic E-state index is 0.214. The minimum atomic E-state index is 0.214. The first-order chi connectivity index (χ1) is 8.03. The number of hydrogen-bond donors (Lipinski definition) is 0. The molecule has 1 amide bonds. The highest BCUT2D eigenvalue weighted by molar-refractivity contribution is 5.78. The lowest BCUT2D eigenvalue weighted by atomic mass is 9.89. The smallest absolute Gasteiger partial charge is 0.236 e. The number of unbranched alkanes of at least 4 members (excludes halogenated alkanes) is 2. The van der Waals surface area contributed by atoms with Crippen molar-refractivity contribution < 1.29 is 4.79 Å². The Hall–Kier alpha value is -0.570. The lowest BCUT2D eigenvalue weighted by molar-refractivity contribution is -0.137. The topological polar surface area (TPSA) is 23.6 Å². The zero-order valence-corrected chi connectivity index (χ0v) is 12.0. The molecule has 1 atom stereocenters. The van der Waals surface area contributed by atoms with Crippen molar-refractivity contribution in [1.29, 1.82) is 0 Å². The van der Waals surface area contributed by atoms with Crippen molar-refractivity contribution in [2.75, 3.05) is 26.7 Å². The van der Waals surface area contributed by atoms with Gasteiger partial charge in [0.05, 0.1) is 6.54 Å². The van der Waals surface area contributed by atoms with E-state index in [2.05, 4.69) is 25.7 Å². The molecule has 3 nitrogen and oxygen atoms in total. The van der Waals surface area contributed by atoms with Crippen molar-refractivity contribution in [3.63, 3.8) is 0 Å². The van der Waals surface area contributed by atoms with Gasteiger partial charge in [-0.2, -0.15) is 0 Å². The molecule has 3 heteroatoms. The van der Waals surface area contributed by atoms with E-state index in [1.165, 1.54) is 25.7 Å². The Kier molecular flexibility index (Phi) is 5.44. The van der Waals surface area contributed by atoms with E-state index in [0.717, 1.165) is 19.5 Å². The summed E-state index contributed by atoms with van der Waals surface area (Å²) in [6.45, 7) is 9.31. The van der Waals surface area contributed by atoms with Gasteiger partial charge in [-0.15, -0.1) is 0 Å². The predicted molar refractivity (Wildman–Crippen MR) is 72.0 cm³/mol. The Morgan fingerprint density at radius 2 is 1.94 bits per heavy atom. The summed E-state index contributed by atoms with van der Waals surface area (Å²) in [5.74, 6) is 0.270. The van der Waals surface area contributed by atoms with E-state index in [9.17, 15) is 4.79 Å². The Morgan fingerprint density at radius 3 is 2.47 bits per heavy atom. The molecule has 0 aromatic heterocycles. The molecule has 1 aliphatic heterocycles. The molecule has 0 bridgehead atoms. The molecule has 0 aliphatic carbocycles. The van der Waals surface area contributed by atoms with Gasteiger partial charge in [0.15, 0.2) is 0 Å². The first-order valence-electron chi connectivity index (χ1n) is 7.02. The molecule has 0 radical (unpaired) electrons. The maximum absolute atomic E-state index is 11.8. The molecular formula is C14H28N2O. The van der Waals surface area contributed by atoms with Crippen LogP contribution in [0.2, 0.25) is 0 Å². The summed E-state index contributed by atoms with van der Waals surface area (Å²) in [5, 5.41) is 0. The largest absolute Gasteiger partial charge is 0.343 e. The van der Waals surface area contributed by atoms with Crippen LogP contribution in [0.15, 0.2) is 0 Å². The molecule has 0 spiro atoms. The van der Waals surface area contributed by atoms with Gasteiger partial charge in [0.25, 0.3) is 0 Å². The van der Waals surface area contributed by atoms with E-state index < -0.39 is 0 Å². The van der Waals surface area contributed by atoms with Crippen LogP contribution in [0.4, 0.5) is 0 Å². The van der Waals surface area contributed by atoms with Gasteiger partial charge in [0.1, 0.15) is 0 Å². The van der Waals surface area contributed by atoms with Gasteiger partial charge >= 0.3 is 0 Å². The van der Waals surface area contributed by atoms with Crippen LogP contribution in [0.1, 0.15) is 52.9 Å². The van der Waals surface area contributed by atoms with Crippen molar-refractivity contribution in [1.82, 2.24) is 9.80 Å². The van der Waals surface area contributed by atoms with Gasteiger partial charge in [-0.3, -0.25) is 9.69 Å². The standard InChI is InChI=1S/C14H28N2O/c1-5-7-8-9-14(3,6-2)16-11-10-15(4)13(17)12-16/h5-12H2,1-4H3. The molecule has 1 unspecified atom stereocenters. The summed E-state index contributed by atoms with van der Waals surface area (Å²) in [6, 6.07) is 0. The molecule has 17 heavy (non-hydrogen) atoms. The monoisotopic (exact) mass is 240 g/mol. The Labute approximate surface area is 106 Å². The molecule has 1 aliphatic rings. The van der Waals surface area contributed by atoms with Crippen LogP contribution in [0, 0.1) is 0 Å². The number of amides is 1. The van der Waals surface area contributed by atoms with Crippen molar-refractivity contribution >= 4 is 5.91 Å². The maximum atomic E-state index is 11.8.